The van der Waals surface area contributed by atoms with Crippen molar-refractivity contribution >= 4 is 22.6 Å². The highest BCUT2D eigenvalue weighted by Gasteiger charge is 2.10. The molecule has 0 spiro atoms. The highest BCUT2D eigenvalue weighted by atomic mass is 35.5. The Balaban J connectivity index is 1.77. The topological polar surface area (TPSA) is 36.3 Å². The van der Waals surface area contributed by atoms with Crippen molar-refractivity contribution in [1.82, 2.24) is 9.55 Å². The van der Waals surface area contributed by atoms with Gasteiger partial charge in [0.05, 0.1) is 17.6 Å². The van der Waals surface area contributed by atoms with E-state index in [2.05, 4.69) is 15.6 Å². The van der Waals surface area contributed by atoms with Gasteiger partial charge in [0.1, 0.15) is 24.8 Å². The van der Waals surface area contributed by atoms with Crippen LogP contribution in [0.25, 0.3) is 11.0 Å². The van der Waals surface area contributed by atoms with E-state index in [-0.39, 0.29) is 0 Å². The minimum absolute atomic E-state index is 0.480. The number of hydrogen-bond acceptors (Lipinski definition) is 3. The number of rotatable bonds is 6. The molecule has 2 aromatic carbocycles. The molecule has 3 aromatic rings. The van der Waals surface area contributed by atoms with Crippen LogP contribution in [0.3, 0.4) is 0 Å². The number of aryl methyl sites for hydroxylation is 2. The molecule has 0 unspecified atom stereocenters. The molecule has 0 bridgehead atoms. The molecule has 0 aliphatic carbocycles. The van der Waals surface area contributed by atoms with E-state index in [0.717, 1.165) is 38.8 Å². The lowest BCUT2D eigenvalue weighted by Gasteiger charge is -2.12. The number of benzene rings is 2. The van der Waals surface area contributed by atoms with Crippen molar-refractivity contribution in [3.8, 4) is 5.75 Å². The number of halogens is 1. The van der Waals surface area contributed by atoms with E-state index in [1.807, 2.05) is 44.2 Å². The Morgan fingerprint density at radius 1 is 1.12 bits per heavy atom. The van der Waals surface area contributed by atoms with Gasteiger partial charge in [0.2, 0.25) is 0 Å². The summed E-state index contributed by atoms with van der Waals surface area (Å²) in [7, 11) is 1.68. The molecule has 0 saturated heterocycles. The number of hydrogen-bond donors (Lipinski definition) is 0. The molecule has 0 aliphatic rings. The summed E-state index contributed by atoms with van der Waals surface area (Å²) in [6.45, 7) is 5.72. The largest absolute Gasteiger partial charge is 0.492 e. The maximum Gasteiger partial charge on any atom is 0.136 e. The van der Waals surface area contributed by atoms with Crippen LogP contribution in [-0.2, 0) is 17.9 Å². The van der Waals surface area contributed by atoms with Crippen molar-refractivity contribution in [2.45, 2.75) is 27.0 Å². The molecule has 0 radical (unpaired) electrons. The molecule has 0 amide bonds. The first-order valence-corrected chi connectivity index (χ1v) is 8.30. The highest BCUT2D eigenvalue weighted by Crippen LogP contribution is 2.26. The van der Waals surface area contributed by atoms with Crippen molar-refractivity contribution in [1.29, 1.82) is 0 Å². The average Bonchev–Trinajstić information content (AvgIpc) is 2.91. The van der Waals surface area contributed by atoms with Gasteiger partial charge < -0.3 is 14.0 Å². The quantitative estimate of drug-likeness (QED) is 0.659. The first-order valence-electron chi connectivity index (χ1n) is 7.92. The lowest BCUT2D eigenvalue weighted by Crippen LogP contribution is -2.12. The van der Waals surface area contributed by atoms with Crippen LogP contribution in [0.1, 0.15) is 17.0 Å². The van der Waals surface area contributed by atoms with Gasteiger partial charge in [-0.1, -0.05) is 23.7 Å². The van der Waals surface area contributed by atoms with Crippen LogP contribution < -0.4 is 4.74 Å². The van der Waals surface area contributed by atoms with Crippen molar-refractivity contribution in [2.24, 2.45) is 0 Å². The summed E-state index contributed by atoms with van der Waals surface area (Å²) in [5.74, 6) is 1.75. The van der Waals surface area contributed by atoms with Gasteiger partial charge in [-0.05, 0) is 49.2 Å². The van der Waals surface area contributed by atoms with E-state index < -0.39 is 0 Å². The maximum atomic E-state index is 6.20. The molecule has 4 nitrogen and oxygen atoms in total. The smallest absolute Gasteiger partial charge is 0.136 e. The number of para-hydroxylation sites is 2. The van der Waals surface area contributed by atoms with E-state index in [4.69, 9.17) is 21.1 Å². The first-order chi connectivity index (χ1) is 11.6. The molecular weight excluding hydrogens is 324 g/mol. The van der Waals surface area contributed by atoms with Gasteiger partial charge in [-0.2, -0.15) is 0 Å². The summed E-state index contributed by atoms with van der Waals surface area (Å²) in [6.07, 6.45) is 0. The summed E-state index contributed by atoms with van der Waals surface area (Å²) in [5, 5.41) is 0.797. The van der Waals surface area contributed by atoms with Gasteiger partial charge in [0.15, 0.2) is 0 Å². The summed E-state index contributed by atoms with van der Waals surface area (Å²) in [5.41, 5.74) is 4.12. The van der Waals surface area contributed by atoms with Gasteiger partial charge in [-0.25, -0.2) is 4.98 Å². The van der Waals surface area contributed by atoms with Crippen LogP contribution in [0.5, 0.6) is 5.75 Å². The van der Waals surface area contributed by atoms with Crippen LogP contribution in [0.4, 0.5) is 0 Å². The third kappa shape index (κ3) is 3.40. The van der Waals surface area contributed by atoms with Crippen molar-refractivity contribution < 1.29 is 9.47 Å². The third-order valence-electron chi connectivity index (χ3n) is 4.00. The monoisotopic (exact) mass is 344 g/mol. The molecule has 0 fully saturated rings. The number of imidazole rings is 1. The second-order valence-corrected chi connectivity index (χ2v) is 6.20. The number of ether oxygens (including phenoxy) is 2. The molecule has 126 valence electrons. The number of methoxy groups -OCH3 is 1. The fraction of sp³-hybridized carbons (Fsp3) is 0.316. The Labute approximate surface area is 147 Å². The Morgan fingerprint density at radius 3 is 2.54 bits per heavy atom. The van der Waals surface area contributed by atoms with E-state index in [1.165, 1.54) is 0 Å². The minimum atomic E-state index is 0.480. The Hall–Kier alpha value is -2.04. The van der Waals surface area contributed by atoms with Gasteiger partial charge in [0, 0.05) is 12.1 Å². The lowest BCUT2D eigenvalue weighted by atomic mass is 10.1. The highest BCUT2D eigenvalue weighted by molar-refractivity contribution is 6.32. The van der Waals surface area contributed by atoms with Crippen molar-refractivity contribution in [3.63, 3.8) is 0 Å². The predicted octanol–water partition coefficient (Wildman–Crippen LogP) is 4.53. The van der Waals surface area contributed by atoms with Gasteiger partial charge >= 0.3 is 0 Å². The van der Waals surface area contributed by atoms with Gasteiger partial charge in [0.25, 0.3) is 0 Å². The van der Waals surface area contributed by atoms with E-state index in [9.17, 15) is 0 Å². The Bertz CT molecular complexity index is 835. The van der Waals surface area contributed by atoms with Crippen LogP contribution in [0.15, 0.2) is 36.4 Å². The van der Waals surface area contributed by atoms with Crippen molar-refractivity contribution in [3.05, 3.63) is 58.4 Å². The Kier molecular flexibility index (Phi) is 5.07. The molecule has 5 heteroatoms. The zero-order valence-electron chi connectivity index (χ0n) is 14.2. The predicted molar refractivity (Wildman–Crippen MR) is 96.9 cm³/mol. The average molecular weight is 345 g/mol. The van der Waals surface area contributed by atoms with Gasteiger partial charge in [-0.15, -0.1) is 0 Å². The van der Waals surface area contributed by atoms with E-state index in [0.29, 0.717) is 19.8 Å². The number of fused-ring (bicyclic) bond motifs is 1. The van der Waals surface area contributed by atoms with Crippen LogP contribution in [0, 0.1) is 13.8 Å². The molecule has 0 saturated carbocycles. The molecule has 0 N–H and O–H groups in total. The standard InChI is InChI=1S/C19H21ClN2O2/c1-13-10-15(11-14(2)19(13)20)24-9-8-22-17-7-5-4-6-16(17)21-18(22)12-23-3/h4-7,10-11H,8-9,12H2,1-3H3. The number of nitrogens with zero attached hydrogens (tertiary/aromatic N) is 2. The third-order valence-corrected chi connectivity index (χ3v) is 4.60. The zero-order chi connectivity index (χ0) is 17.1. The molecule has 1 heterocycles. The van der Waals surface area contributed by atoms with E-state index >= 15 is 0 Å². The zero-order valence-corrected chi connectivity index (χ0v) is 14.9. The summed E-state index contributed by atoms with van der Waals surface area (Å²) >= 11 is 6.20. The SMILES string of the molecule is COCc1nc2ccccc2n1CCOc1cc(C)c(Cl)c(C)c1. The van der Waals surface area contributed by atoms with Gasteiger partial charge in [-0.3, -0.25) is 0 Å². The molecule has 1 aromatic heterocycles. The van der Waals surface area contributed by atoms with Crippen molar-refractivity contribution in [2.75, 3.05) is 13.7 Å². The lowest BCUT2D eigenvalue weighted by molar-refractivity contribution is 0.173. The molecule has 0 atom stereocenters. The van der Waals surface area contributed by atoms with Crippen LogP contribution >= 0.6 is 11.6 Å². The van der Waals surface area contributed by atoms with E-state index in [1.54, 1.807) is 7.11 Å². The molecule has 24 heavy (non-hydrogen) atoms. The fourth-order valence-corrected chi connectivity index (χ4v) is 2.97. The molecular formula is C19H21ClN2O2. The van der Waals surface area contributed by atoms with Crippen LogP contribution in [-0.4, -0.2) is 23.3 Å². The first kappa shape index (κ1) is 16.8. The summed E-state index contributed by atoms with van der Waals surface area (Å²) in [4.78, 5) is 4.63. The minimum Gasteiger partial charge on any atom is -0.492 e. The molecule has 0 aliphatic heterocycles. The normalized spacial score (nSPS) is 11.2. The summed E-state index contributed by atoms with van der Waals surface area (Å²) < 4.78 is 13.3. The number of aromatic nitrogens is 2. The summed E-state index contributed by atoms with van der Waals surface area (Å²) in [6, 6.07) is 12.0. The fourth-order valence-electron chi connectivity index (χ4n) is 2.86. The molecule has 3 rings (SSSR count). The maximum absolute atomic E-state index is 6.20. The second kappa shape index (κ2) is 7.24. The Morgan fingerprint density at radius 2 is 1.83 bits per heavy atom. The second-order valence-electron chi connectivity index (χ2n) is 5.82. The van der Waals surface area contributed by atoms with Crippen LogP contribution in [0.2, 0.25) is 5.02 Å².